The summed E-state index contributed by atoms with van der Waals surface area (Å²) in [7, 11) is 4.72. The minimum atomic E-state index is -1.81. The third kappa shape index (κ3) is 6.32. The van der Waals surface area contributed by atoms with Crippen LogP contribution in [0.3, 0.4) is 0 Å². The molecular weight excluding hydrogens is 532 g/mol. The van der Waals surface area contributed by atoms with Crippen molar-refractivity contribution in [1.29, 1.82) is 0 Å². The quantitative estimate of drug-likeness (QED) is 0.171. The SMILES string of the molecule is COc1cc(NCc2cnc3nc(N)nc(N)c3c2C)cc(OC)c1OC.O=C(O)[C@H]1O[C@H](O)[C@H](O)[C@@H](O)[C@@H]1O. The molecule has 1 aliphatic heterocycles. The number of nitrogens with two attached hydrogens (primary N) is 2. The molecule has 1 saturated heterocycles. The second-order valence-electron chi connectivity index (χ2n) is 8.60. The smallest absolute Gasteiger partial charge is 0.335 e. The highest BCUT2D eigenvalue weighted by molar-refractivity contribution is 5.90. The van der Waals surface area contributed by atoms with Gasteiger partial charge in [0, 0.05) is 30.6 Å². The van der Waals surface area contributed by atoms with Crippen LogP contribution in [0, 0.1) is 6.92 Å². The molecule has 0 radical (unpaired) electrons. The Labute approximate surface area is 228 Å². The fraction of sp³-hybridized carbons (Fsp3) is 0.417. The van der Waals surface area contributed by atoms with Crippen molar-refractivity contribution in [3.63, 3.8) is 0 Å². The lowest BCUT2D eigenvalue weighted by Crippen LogP contribution is -2.59. The molecule has 218 valence electrons. The van der Waals surface area contributed by atoms with Gasteiger partial charge in [0.05, 0.1) is 26.7 Å². The van der Waals surface area contributed by atoms with Crippen LogP contribution in [0.1, 0.15) is 11.1 Å². The number of aliphatic carboxylic acids is 1. The van der Waals surface area contributed by atoms with Crippen LogP contribution in [0.4, 0.5) is 17.5 Å². The Morgan fingerprint density at radius 2 is 1.62 bits per heavy atom. The Morgan fingerprint density at radius 1 is 1.00 bits per heavy atom. The van der Waals surface area contributed by atoms with E-state index in [-0.39, 0.29) is 5.95 Å². The first-order valence-electron chi connectivity index (χ1n) is 11.7. The lowest BCUT2D eigenvalue weighted by atomic mass is 9.99. The van der Waals surface area contributed by atoms with Crippen LogP contribution in [0.2, 0.25) is 0 Å². The number of nitrogen functional groups attached to an aromatic ring is 2. The molecule has 0 bridgehead atoms. The van der Waals surface area contributed by atoms with Crippen LogP contribution in [-0.2, 0) is 16.1 Å². The van der Waals surface area contributed by atoms with Crippen LogP contribution >= 0.6 is 0 Å². The van der Waals surface area contributed by atoms with Gasteiger partial charge in [-0.3, -0.25) is 0 Å². The number of methoxy groups -OCH3 is 3. The van der Waals surface area contributed by atoms with E-state index in [0.29, 0.717) is 40.6 Å². The van der Waals surface area contributed by atoms with Gasteiger partial charge in [0.2, 0.25) is 11.7 Å². The maximum absolute atomic E-state index is 10.4. The Hall–Kier alpha value is -4.22. The van der Waals surface area contributed by atoms with Crippen molar-refractivity contribution in [2.45, 2.75) is 44.2 Å². The molecule has 1 fully saturated rings. The summed E-state index contributed by atoms with van der Waals surface area (Å²) < 4.78 is 20.4. The summed E-state index contributed by atoms with van der Waals surface area (Å²) in [6.07, 6.45) is -6.98. The Balaban J connectivity index is 0.000000285. The summed E-state index contributed by atoms with van der Waals surface area (Å²) in [4.78, 5) is 22.9. The van der Waals surface area contributed by atoms with Crippen molar-refractivity contribution < 1.29 is 49.3 Å². The van der Waals surface area contributed by atoms with Gasteiger partial charge < -0.3 is 61.3 Å². The molecule has 0 aliphatic carbocycles. The van der Waals surface area contributed by atoms with E-state index in [1.54, 1.807) is 27.5 Å². The second-order valence-corrected chi connectivity index (χ2v) is 8.60. The first-order valence-corrected chi connectivity index (χ1v) is 11.7. The molecule has 2 aromatic heterocycles. The average molecular weight is 565 g/mol. The lowest BCUT2D eigenvalue weighted by Gasteiger charge is -2.36. The molecule has 1 aromatic carbocycles. The number of nitrogens with zero attached hydrogens (tertiary/aromatic N) is 3. The summed E-state index contributed by atoms with van der Waals surface area (Å²) in [6.45, 7) is 2.46. The molecule has 0 amide bonds. The van der Waals surface area contributed by atoms with Gasteiger partial charge in [-0.15, -0.1) is 0 Å². The van der Waals surface area contributed by atoms with E-state index >= 15 is 0 Å². The van der Waals surface area contributed by atoms with Crippen molar-refractivity contribution in [2.24, 2.45) is 0 Å². The number of pyridine rings is 1. The molecular formula is C24H32N6O10. The number of carbonyl (C=O) groups is 1. The number of fused-ring (bicyclic) bond motifs is 1. The predicted octanol–water partition coefficient (Wildman–Crippen LogP) is -0.994. The molecule has 1 aliphatic rings. The molecule has 5 atom stereocenters. The number of aromatic nitrogens is 3. The number of aliphatic hydroxyl groups excluding tert-OH is 4. The number of ether oxygens (including phenoxy) is 4. The van der Waals surface area contributed by atoms with Gasteiger partial charge in [0.1, 0.15) is 24.1 Å². The van der Waals surface area contributed by atoms with E-state index in [9.17, 15) is 4.79 Å². The molecule has 0 unspecified atom stereocenters. The van der Waals surface area contributed by atoms with Gasteiger partial charge in [0.25, 0.3) is 0 Å². The molecule has 16 nitrogen and oxygen atoms in total. The third-order valence-electron chi connectivity index (χ3n) is 6.11. The summed E-state index contributed by atoms with van der Waals surface area (Å²) in [5.41, 5.74) is 14.8. The summed E-state index contributed by atoms with van der Waals surface area (Å²) >= 11 is 0. The summed E-state index contributed by atoms with van der Waals surface area (Å²) in [6, 6.07) is 3.67. The van der Waals surface area contributed by atoms with E-state index in [0.717, 1.165) is 16.8 Å². The largest absolute Gasteiger partial charge is 0.493 e. The van der Waals surface area contributed by atoms with E-state index in [2.05, 4.69) is 25.0 Å². The van der Waals surface area contributed by atoms with Crippen LogP contribution < -0.4 is 31.0 Å². The number of rotatable bonds is 7. The van der Waals surface area contributed by atoms with Gasteiger partial charge in [-0.1, -0.05) is 0 Å². The molecule has 3 aromatic rings. The van der Waals surface area contributed by atoms with E-state index < -0.39 is 36.7 Å². The van der Waals surface area contributed by atoms with Crippen LogP contribution in [0.25, 0.3) is 11.0 Å². The molecule has 3 heterocycles. The fourth-order valence-electron chi connectivity index (χ4n) is 3.96. The number of aliphatic hydroxyl groups is 4. The molecule has 16 heteroatoms. The standard InChI is InChI=1S/C18H22N6O3.C6H10O7/c1-9-10(8-22-17-14(9)16(19)23-18(20)24-17)7-21-11-5-12(25-2)15(27-4)13(6-11)26-3;7-1-2(8)4(5(10)11)13-6(12)3(1)9/h5-6,8,21H,7H2,1-4H3,(H4,19,20,22,23,24);1-4,6-9,12H,(H,10,11)/t;1-,2-,3+,4-,6-/m.0/s1. The Morgan fingerprint density at radius 3 is 2.17 bits per heavy atom. The van der Waals surface area contributed by atoms with Crippen molar-refractivity contribution in [1.82, 2.24) is 15.0 Å². The number of carboxylic acids is 1. The number of hydrogen-bond donors (Lipinski definition) is 8. The topological polar surface area (TPSA) is 258 Å². The zero-order chi connectivity index (χ0) is 29.7. The summed E-state index contributed by atoms with van der Waals surface area (Å²) in [5.74, 6) is 0.586. The molecule has 4 rings (SSSR count). The van der Waals surface area contributed by atoms with Gasteiger partial charge in [0.15, 0.2) is 29.5 Å². The second kappa shape index (κ2) is 12.8. The van der Waals surface area contributed by atoms with Gasteiger partial charge in [-0.2, -0.15) is 9.97 Å². The fourth-order valence-corrected chi connectivity index (χ4v) is 3.96. The minimum absolute atomic E-state index is 0.107. The highest BCUT2D eigenvalue weighted by Crippen LogP contribution is 2.40. The van der Waals surface area contributed by atoms with Crippen LogP contribution in [0.15, 0.2) is 18.3 Å². The van der Waals surface area contributed by atoms with E-state index in [4.69, 9.17) is 51.2 Å². The monoisotopic (exact) mass is 564 g/mol. The third-order valence-corrected chi connectivity index (χ3v) is 6.11. The number of aryl methyl sites for hydroxylation is 1. The maximum Gasteiger partial charge on any atom is 0.335 e. The van der Waals surface area contributed by atoms with Crippen molar-refractivity contribution >= 4 is 34.5 Å². The Kier molecular flexibility index (Phi) is 9.67. The number of nitrogens with one attached hydrogen (secondary N) is 1. The molecule has 0 spiro atoms. The number of benzene rings is 1. The zero-order valence-electron chi connectivity index (χ0n) is 22.1. The van der Waals surface area contributed by atoms with Crippen molar-refractivity contribution in [3.8, 4) is 17.2 Å². The first-order chi connectivity index (χ1) is 18.9. The Bertz CT molecular complexity index is 1330. The average Bonchev–Trinajstić information content (AvgIpc) is 2.92. The molecule has 0 saturated carbocycles. The van der Waals surface area contributed by atoms with Gasteiger partial charge in [-0.05, 0) is 18.1 Å². The number of hydrogen-bond acceptors (Lipinski definition) is 15. The maximum atomic E-state index is 10.4. The summed E-state index contributed by atoms with van der Waals surface area (Å²) in [5, 5.41) is 48.4. The predicted molar refractivity (Wildman–Crippen MR) is 141 cm³/mol. The normalized spacial score (nSPS) is 22.1. The lowest BCUT2D eigenvalue weighted by molar-refractivity contribution is -0.279. The zero-order valence-corrected chi connectivity index (χ0v) is 22.1. The minimum Gasteiger partial charge on any atom is -0.493 e. The first kappa shape index (κ1) is 30.3. The van der Waals surface area contributed by atoms with Crippen molar-refractivity contribution in [3.05, 3.63) is 29.5 Å². The van der Waals surface area contributed by atoms with Gasteiger partial charge in [-0.25, -0.2) is 9.78 Å². The van der Waals surface area contributed by atoms with E-state index in [1.165, 1.54) is 0 Å². The molecule has 10 N–H and O–H groups in total. The molecule has 40 heavy (non-hydrogen) atoms. The highest BCUT2D eigenvalue weighted by Gasteiger charge is 2.46. The van der Waals surface area contributed by atoms with Crippen LogP contribution in [-0.4, -0.2) is 98.5 Å². The van der Waals surface area contributed by atoms with Crippen molar-refractivity contribution in [2.75, 3.05) is 38.1 Å². The highest BCUT2D eigenvalue weighted by atomic mass is 16.6. The number of anilines is 3. The van der Waals surface area contributed by atoms with E-state index in [1.807, 2.05) is 19.1 Å². The van der Waals surface area contributed by atoms with Gasteiger partial charge >= 0.3 is 5.97 Å². The van der Waals surface area contributed by atoms with Crippen LogP contribution in [0.5, 0.6) is 17.2 Å². The number of carboxylic acid groups (broad SMARTS) is 1.